The Labute approximate surface area is 64.7 Å². The third-order valence-corrected chi connectivity index (χ3v) is 1.13. The molecule has 0 saturated heterocycles. The lowest BCUT2D eigenvalue weighted by Crippen LogP contribution is -2.00. The van der Waals surface area contributed by atoms with Gasteiger partial charge >= 0.3 is 0 Å². The molecular formula is C7H8N4. The maximum absolute atomic E-state index is 8.22. The lowest BCUT2D eigenvalue weighted by Gasteiger charge is -1.98. The van der Waals surface area contributed by atoms with Gasteiger partial charge in [0.2, 0.25) is 0 Å². The van der Waals surface area contributed by atoms with Crippen LogP contribution < -0.4 is 11.1 Å². The number of anilines is 2. The zero-order valence-electron chi connectivity index (χ0n) is 5.91. The smallest absolute Gasteiger partial charge is 0.126 e. The minimum Gasteiger partial charge on any atom is -0.397 e. The fourth-order valence-corrected chi connectivity index (χ4v) is 0.640. The van der Waals surface area contributed by atoms with Crippen LogP contribution in [0.25, 0.3) is 0 Å². The lowest BCUT2D eigenvalue weighted by molar-refractivity contribution is 1.23. The van der Waals surface area contributed by atoms with E-state index in [1.165, 1.54) is 0 Å². The van der Waals surface area contributed by atoms with Crippen LogP contribution in [0.4, 0.5) is 11.5 Å². The van der Waals surface area contributed by atoms with Gasteiger partial charge in [-0.15, -0.1) is 0 Å². The fraction of sp³-hybridized carbons (Fsp3) is 0.143. The molecule has 0 amide bonds. The minimum absolute atomic E-state index is 0.261. The van der Waals surface area contributed by atoms with Crippen molar-refractivity contribution in [3.05, 3.63) is 18.3 Å². The summed E-state index contributed by atoms with van der Waals surface area (Å²) < 4.78 is 0. The monoisotopic (exact) mass is 148 g/mol. The lowest BCUT2D eigenvalue weighted by atomic mass is 10.4. The molecule has 11 heavy (non-hydrogen) atoms. The summed E-state index contributed by atoms with van der Waals surface area (Å²) >= 11 is 0. The summed E-state index contributed by atoms with van der Waals surface area (Å²) in [6.07, 6.45) is 1.54. The Bertz CT molecular complexity index is 259. The molecule has 1 aromatic rings. The van der Waals surface area contributed by atoms with E-state index in [2.05, 4.69) is 10.3 Å². The van der Waals surface area contributed by atoms with Crippen LogP contribution in [-0.2, 0) is 0 Å². The largest absolute Gasteiger partial charge is 0.397 e. The predicted molar refractivity (Wildman–Crippen MR) is 42.8 cm³/mol. The molecule has 0 saturated carbocycles. The number of aromatic nitrogens is 1. The van der Waals surface area contributed by atoms with E-state index in [1.807, 2.05) is 6.07 Å². The highest BCUT2D eigenvalue weighted by Crippen LogP contribution is 2.04. The third kappa shape index (κ3) is 2.14. The third-order valence-electron chi connectivity index (χ3n) is 1.13. The van der Waals surface area contributed by atoms with Crippen molar-refractivity contribution in [3.8, 4) is 6.07 Å². The topological polar surface area (TPSA) is 74.7 Å². The van der Waals surface area contributed by atoms with E-state index in [0.29, 0.717) is 11.5 Å². The van der Waals surface area contributed by atoms with Crippen molar-refractivity contribution in [3.63, 3.8) is 0 Å². The summed E-state index contributed by atoms with van der Waals surface area (Å²) in [5, 5.41) is 11.0. The number of pyridine rings is 1. The number of nitrogens with one attached hydrogen (secondary N) is 1. The second kappa shape index (κ2) is 3.42. The van der Waals surface area contributed by atoms with E-state index in [9.17, 15) is 0 Å². The standard InChI is InChI=1S/C7H8N4/c8-3-4-10-7-2-1-6(9)5-11-7/h1-2,5H,4,9H2,(H,10,11). The Morgan fingerprint density at radius 3 is 3.00 bits per heavy atom. The van der Waals surface area contributed by atoms with Crippen LogP contribution in [0.2, 0.25) is 0 Å². The average Bonchev–Trinajstić information content (AvgIpc) is 2.04. The van der Waals surface area contributed by atoms with Crippen LogP contribution in [0.15, 0.2) is 18.3 Å². The van der Waals surface area contributed by atoms with E-state index >= 15 is 0 Å². The molecule has 1 heterocycles. The number of nitriles is 1. The summed E-state index contributed by atoms with van der Waals surface area (Å²) in [7, 11) is 0. The molecule has 3 N–H and O–H groups in total. The Kier molecular flexibility index (Phi) is 2.28. The van der Waals surface area contributed by atoms with E-state index in [-0.39, 0.29) is 6.54 Å². The predicted octanol–water partition coefficient (Wildman–Crippen LogP) is 0.599. The molecule has 4 nitrogen and oxygen atoms in total. The Morgan fingerprint density at radius 1 is 1.64 bits per heavy atom. The number of hydrogen-bond acceptors (Lipinski definition) is 4. The molecule has 1 rings (SSSR count). The first-order valence-electron chi connectivity index (χ1n) is 3.15. The van der Waals surface area contributed by atoms with Crippen LogP contribution in [0.1, 0.15) is 0 Å². The minimum atomic E-state index is 0.261. The highest BCUT2D eigenvalue weighted by Gasteiger charge is 1.89. The molecule has 0 unspecified atom stereocenters. The summed E-state index contributed by atoms with van der Waals surface area (Å²) in [6, 6.07) is 5.41. The molecule has 0 aliphatic heterocycles. The van der Waals surface area contributed by atoms with Crippen molar-refractivity contribution in [2.24, 2.45) is 0 Å². The van der Waals surface area contributed by atoms with Crippen molar-refractivity contribution in [1.29, 1.82) is 5.26 Å². The molecule has 0 fully saturated rings. The average molecular weight is 148 g/mol. The Balaban J connectivity index is 2.60. The van der Waals surface area contributed by atoms with Crippen LogP contribution in [0.5, 0.6) is 0 Å². The van der Waals surface area contributed by atoms with Crippen molar-refractivity contribution >= 4 is 11.5 Å². The summed E-state index contributed by atoms with van der Waals surface area (Å²) in [5.74, 6) is 0.667. The van der Waals surface area contributed by atoms with Crippen LogP contribution in [-0.4, -0.2) is 11.5 Å². The Morgan fingerprint density at radius 2 is 2.45 bits per heavy atom. The first kappa shape index (κ1) is 7.35. The molecule has 0 spiro atoms. The number of nitrogens with zero attached hydrogens (tertiary/aromatic N) is 2. The van der Waals surface area contributed by atoms with Crippen LogP contribution >= 0.6 is 0 Å². The van der Waals surface area contributed by atoms with E-state index in [4.69, 9.17) is 11.0 Å². The van der Waals surface area contributed by atoms with Crippen molar-refractivity contribution in [1.82, 2.24) is 4.98 Å². The molecule has 56 valence electrons. The molecule has 0 bridgehead atoms. The second-order valence-electron chi connectivity index (χ2n) is 1.99. The van der Waals surface area contributed by atoms with E-state index in [1.54, 1.807) is 18.3 Å². The first-order chi connectivity index (χ1) is 5.33. The first-order valence-corrected chi connectivity index (χ1v) is 3.15. The van der Waals surface area contributed by atoms with E-state index < -0.39 is 0 Å². The van der Waals surface area contributed by atoms with Gasteiger partial charge < -0.3 is 11.1 Å². The van der Waals surface area contributed by atoms with Gasteiger partial charge in [0.1, 0.15) is 12.4 Å². The highest BCUT2D eigenvalue weighted by molar-refractivity contribution is 5.43. The zero-order chi connectivity index (χ0) is 8.10. The van der Waals surface area contributed by atoms with Gasteiger partial charge in [-0.2, -0.15) is 5.26 Å². The molecule has 0 radical (unpaired) electrons. The number of nitrogens with two attached hydrogens (primary N) is 1. The molecule has 0 aliphatic rings. The molecule has 0 aliphatic carbocycles. The number of hydrogen-bond donors (Lipinski definition) is 2. The maximum atomic E-state index is 8.22. The summed E-state index contributed by atoms with van der Waals surface area (Å²) in [6.45, 7) is 0.261. The van der Waals surface area contributed by atoms with Gasteiger partial charge in [-0.3, -0.25) is 0 Å². The molecule has 4 heteroatoms. The van der Waals surface area contributed by atoms with E-state index in [0.717, 1.165) is 0 Å². The van der Waals surface area contributed by atoms with Gasteiger partial charge in [0.25, 0.3) is 0 Å². The SMILES string of the molecule is N#CCNc1ccc(N)cn1. The van der Waals surface area contributed by atoms with Gasteiger partial charge in [0.05, 0.1) is 18.0 Å². The molecule has 1 aromatic heterocycles. The van der Waals surface area contributed by atoms with Crippen LogP contribution in [0.3, 0.4) is 0 Å². The van der Waals surface area contributed by atoms with Crippen molar-refractivity contribution < 1.29 is 0 Å². The number of rotatable bonds is 2. The number of nitrogen functional groups attached to an aromatic ring is 1. The normalized spacial score (nSPS) is 8.64. The Hall–Kier alpha value is -1.76. The van der Waals surface area contributed by atoms with Crippen molar-refractivity contribution in [2.75, 3.05) is 17.6 Å². The molecule has 0 aromatic carbocycles. The van der Waals surface area contributed by atoms with Gasteiger partial charge in [0, 0.05) is 0 Å². The zero-order valence-corrected chi connectivity index (χ0v) is 5.91. The quantitative estimate of drug-likeness (QED) is 0.602. The maximum Gasteiger partial charge on any atom is 0.126 e. The van der Waals surface area contributed by atoms with Gasteiger partial charge in [-0.05, 0) is 12.1 Å². The highest BCUT2D eigenvalue weighted by atomic mass is 15.0. The second-order valence-corrected chi connectivity index (χ2v) is 1.99. The van der Waals surface area contributed by atoms with Gasteiger partial charge in [-0.25, -0.2) is 4.98 Å². The summed E-state index contributed by atoms with van der Waals surface area (Å²) in [5.41, 5.74) is 6.02. The van der Waals surface area contributed by atoms with Crippen LogP contribution in [0, 0.1) is 11.3 Å². The molecule has 0 atom stereocenters. The van der Waals surface area contributed by atoms with Gasteiger partial charge in [-0.1, -0.05) is 0 Å². The van der Waals surface area contributed by atoms with Crippen molar-refractivity contribution in [2.45, 2.75) is 0 Å². The fourth-order valence-electron chi connectivity index (χ4n) is 0.640. The summed E-state index contributed by atoms with van der Waals surface area (Å²) in [4.78, 5) is 3.93. The molecular weight excluding hydrogens is 140 g/mol. The van der Waals surface area contributed by atoms with Gasteiger partial charge in [0.15, 0.2) is 0 Å².